The standard InChI is InChI=1S/C13H16O3/c14-11-8-4-7-10(13(15)16)12(11)9-5-2-1-3-6-9/h4,7-9,14H,1-3,5-6H2,(H,15,16). The van der Waals surface area contributed by atoms with Gasteiger partial charge in [0.1, 0.15) is 5.75 Å². The van der Waals surface area contributed by atoms with Gasteiger partial charge in [-0.3, -0.25) is 0 Å². The Labute approximate surface area is 94.7 Å². The summed E-state index contributed by atoms with van der Waals surface area (Å²) in [6, 6.07) is 4.74. The average molecular weight is 220 g/mol. The molecule has 0 aliphatic heterocycles. The second-order valence-corrected chi connectivity index (χ2v) is 4.38. The van der Waals surface area contributed by atoms with Crippen molar-refractivity contribution in [2.24, 2.45) is 0 Å². The van der Waals surface area contributed by atoms with Crippen molar-refractivity contribution in [3.05, 3.63) is 29.3 Å². The Bertz CT molecular complexity index is 392. The molecule has 1 aromatic rings. The predicted molar refractivity (Wildman–Crippen MR) is 60.9 cm³/mol. The van der Waals surface area contributed by atoms with Crippen LogP contribution in [-0.2, 0) is 0 Å². The van der Waals surface area contributed by atoms with E-state index in [4.69, 9.17) is 5.11 Å². The van der Waals surface area contributed by atoms with E-state index in [0.717, 1.165) is 25.7 Å². The highest BCUT2D eigenvalue weighted by molar-refractivity contribution is 5.90. The first-order chi connectivity index (χ1) is 7.70. The zero-order valence-corrected chi connectivity index (χ0v) is 9.15. The monoisotopic (exact) mass is 220 g/mol. The van der Waals surface area contributed by atoms with Crippen LogP contribution in [-0.4, -0.2) is 16.2 Å². The normalized spacial score (nSPS) is 17.2. The van der Waals surface area contributed by atoms with Gasteiger partial charge in [-0.2, -0.15) is 0 Å². The molecule has 3 heteroatoms. The van der Waals surface area contributed by atoms with Gasteiger partial charge in [-0.05, 0) is 30.9 Å². The fourth-order valence-corrected chi connectivity index (χ4v) is 2.56. The number of hydrogen-bond acceptors (Lipinski definition) is 2. The summed E-state index contributed by atoms with van der Waals surface area (Å²) < 4.78 is 0. The molecule has 1 aliphatic rings. The van der Waals surface area contributed by atoms with Gasteiger partial charge in [0.05, 0.1) is 5.56 Å². The van der Waals surface area contributed by atoms with Crippen molar-refractivity contribution < 1.29 is 15.0 Å². The van der Waals surface area contributed by atoms with Crippen LogP contribution in [0.25, 0.3) is 0 Å². The number of phenols is 1. The Balaban J connectivity index is 2.40. The lowest BCUT2D eigenvalue weighted by Gasteiger charge is -2.24. The number of benzene rings is 1. The maximum absolute atomic E-state index is 11.1. The van der Waals surface area contributed by atoms with Gasteiger partial charge >= 0.3 is 5.97 Å². The molecule has 1 aliphatic carbocycles. The summed E-state index contributed by atoms with van der Waals surface area (Å²) >= 11 is 0. The molecule has 0 atom stereocenters. The van der Waals surface area contributed by atoms with Gasteiger partial charge in [0.15, 0.2) is 0 Å². The van der Waals surface area contributed by atoms with E-state index in [2.05, 4.69) is 0 Å². The van der Waals surface area contributed by atoms with Crippen LogP contribution < -0.4 is 0 Å². The predicted octanol–water partition coefficient (Wildman–Crippen LogP) is 3.14. The van der Waals surface area contributed by atoms with E-state index in [1.54, 1.807) is 18.2 Å². The van der Waals surface area contributed by atoms with E-state index < -0.39 is 5.97 Å². The molecule has 0 saturated heterocycles. The second-order valence-electron chi connectivity index (χ2n) is 4.38. The minimum Gasteiger partial charge on any atom is -0.508 e. The molecule has 0 spiro atoms. The summed E-state index contributed by atoms with van der Waals surface area (Å²) in [6.45, 7) is 0. The summed E-state index contributed by atoms with van der Waals surface area (Å²) in [6.07, 6.45) is 5.43. The van der Waals surface area contributed by atoms with E-state index in [1.807, 2.05) is 0 Å². The first kappa shape index (κ1) is 11.0. The van der Waals surface area contributed by atoms with Crippen LogP contribution in [0.5, 0.6) is 5.75 Å². The molecule has 2 rings (SSSR count). The molecule has 0 aromatic heterocycles. The Morgan fingerprint density at radius 2 is 1.88 bits per heavy atom. The number of aromatic carboxylic acids is 1. The van der Waals surface area contributed by atoms with Crippen molar-refractivity contribution in [1.82, 2.24) is 0 Å². The molecule has 86 valence electrons. The van der Waals surface area contributed by atoms with E-state index in [9.17, 15) is 9.90 Å². The van der Waals surface area contributed by atoms with Crippen molar-refractivity contribution >= 4 is 5.97 Å². The number of carboxylic acid groups (broad SMARTS) is 1. The molecular weight excluding hydrogens is 204 g/mol. The molecular formula is C13H16O3. The SMILES string of the molecule is O=C(O)c1cccc(O)c1C1CCCCC1. The number of carbonyl (C=O) groups is 1. The van der Waals surface area contributed by atoms with Gasteiger partial charge in [0.25, 0.3) is 0 Å². The fraction of sp³-hybridized carbons (Fsp3) is 0.462. The minimum atomic E-state index is -0.948. The summed E-state index contributed by atoms with van der Waals surface area (Å²) in [4.78, 5) is 11.1. The number of carboxylic acids is 1. The lowest BCUT2D eigenvalue weighted by Crippen LogP contribution is -2.10. The summed E-state index contributed by atoms with van der Waals surface area (Å²) in [5.41, 5.74) is 0.890. The third-order valence-electron chi connectivity index (χ3n) is 3.33. The van der Waals surface area contributed by atoms with Gasteiger partial charge in [0.2, 0.25) is 0 Å². The van der Waals surface area contributed by atoms with Crippen molar-refractivity contribution in [2.45, 2.75) is 38.0 Å². The van der Waals surface area contributed by atoms with Crippen LogP contribution in [0.1, 0.15) is 53.9 Å². The molecule has 0 radical (unpaired) electrons. The fourth-order valence-electron chi connectivity index (χ4n) is 2.56. The van der Waals surface area contributed by atoms with Gasteiger partial charge in [-0.25, -0.2) is 4.79 Å². The number of aromatic hydroxyl groups is 1. The van der Waals surface area contributed by atoms with Crippen molar-refractivity contribution in [1.29, 1.82) is 0 Å². The maximum Gasteiger partial charge on any atom is 0.336 e. The topological polar surface area (TPSA) is 57.5 Å². The maximum atomic E-state index is 11.1. The van der Waals surface area contributed by atoms with Gasteiger partial charge in [0, 0.05) is 5.56 Å². The molecule has 1 saturated carbocycles. The Hall–Kier alpha value is -1.51. The number of phenolic OH excluding ortho intramolecular Hbond substituents is 1. The number of hydrogen-bond donors (Lipinski definition) is 2. The van der Waals surface area contributed by atoms with Crippen LogP contribution in [0.2, 0.25) is 0 Å². The third-order valence-corrected chi connectivity index (χ3v) is 3.33. The van der Waals surface area contributed by atoms with Crippen LogP contribution in [0.15, 0.2) is 18.2 Å². The first-order valence-electron chi connectivity index (χ1n) is 5.75. The molecule has 0 heterocycles. The third kappa shape index (κ3) is 2.03. The highest BCUT2D eigenvalue weighted by Crippen LogP contribution is 2.38. The highest BCUT2D eigenvalue weighted by Gasteiger charge is 2.23. The van der Waals surface area contributed by atoms with Crippen molar-refractivity contribution in [3.63, 3.8) is 0 Å². The second kappa shape index (κ2) is 4.56. The minimum absolute atomic E-state index is 0.131. The van der Waals surface area contributed by atoms with E-state index >= 15 is 0 Å². The zero-order valence-electron chi connectivity index (χ0n) is 9.15. The quantitative estimate of drug-likeness (QED) is 0.805. The molecule has 1 aromatic carbocycles. The summed E-state index contributed by atoms with van der Waals surface area (Å²) in [7, 11) is 0. The van der Waals surface area contributed by atoms with Crippen LogP contribution >= 0.6 is 0 Å². The van der Waals surface area contributed by atoms with Crippen molar-refractivity contribution in [3.8, 4) is 5.75 Å². The van der Waals surface area contributed by atoms with E-state index in [-0.39, 0.29) is 17.2 Å². The molecule has 1 fully saturated rings. The average Bonchev–Trinajstić information content (AvgIpc) is 2.29. The smallest absolute Gasteiger partial charge is 0.336 e. The summed E-state index contributed by atoms with van der Waals surface area (Å²) in [5, 5.41) is 18.9. The first-order valence-corrected chi connectivity index (χ1v) is 5.75. The van der Waals surface area contributed by atoms with Gasteiger partial charge < -0.3 is 10.2 Å². The van der Waals surface area contributed by atoms with Gasteiger partial charge in [-0.1, -0.05) is 25.3 Å². The number of rotatable bonds is 2. The van der Waals surface area contributed by atoms with Crippen LogP contribution in [0, 0.1) is 0 Å². The highest BCUT2D eigenvalue weighted by atomic mass is 16.4. The van der Waals surface area contributed by atoms with Crippen molar-refractivity contribution in [2.75, 3.05) is 0 Å². The van der Waals surface area contributed by atoms with Gasteiger partial charge in [-0.15, -0.1) is 0 Å². The molecule has 0 unspecified atom stereocenters. The van der Waals surface area contributed by atoms with Crippen LogP contribution in [0.3, 0.4) is 0 Å². The summed E-state index contributed by atoms with van der Waals surface area (Å²) in [5.74, 6) is -0.607. The largest absolute Gasteiger partial charge is 0.508 e. The lowest BCUT2D eigenvalue weighted by molar-refractivity contribution is 0.0694. The molecule has 3 nitrogen and oxygen atoms in total. The van der Waals surface area contributed by atoms with E-state index in [1.165, 1.54) is 6.42 Å². The molecule has 0 amide bonds. The Morgan fingerprint density at radius 3 is 2.50 bits per heavy atom. The zero-order chi connectivity index (χ0) is 11.5. The van der Waals surface area contributed by atoms with Crippen LogP contribution in [0.4, 0.5) is 0 Å². The Morgan fingerprint density at radius 1 is 1.19 bits per heavy atom. The molecule has 0 bridgehead atoms. The molecule has 16 heavy (non-hydrogen) atoms. The Kier molecular flexibility index (Phi) is 3.13. The lowest BCUT2D eigenvalue weighted by atomic mass is 9.81. The van der Waals surface area contributed by atoms with E-state index in [0.29, 0.717) is 5.56 Å². The molecule has 2 N–H and O–H groups in total.